The number of hydrogen-bond acceptors (Lipinski definition) is 5. The van der Waals surface area contributed by atoms with E-state index in [4.69, 9.17) is 0 Å². The fourth-order valence-electron chi connectivity index (χ4n) is 3.20. The standard InChI is InChI=1S/C22H20N4O3S/c1-14-5-4-10-26-13-19(25-21(14)26)16-6-8-17(9-7-16)24-22(27)20-15(2)11-18(12-23-20)30(3,28)29/h4-13H,1-3H3,(H,24,27). The lowest BCUT2D eigenvalue weighted by molar-refractivity contribution is 0.102. The van der Waals surface area contributed by atoms with Gasteiger partial charge in [-0.25, -0.2) is 18.4 Å². The molecule has 1 aromatic carbocycles. The first-order valence-corrected chi connectivity index (χ1v) is 11.1. The van der Waals surface area contributed by atoms with Crippen LogP contribution in [0.15, 0.2) is 66.0 Å². The van der Waals surface area contributed by atoms with Crippen molar-refractivity contribution in [2.75, 3.05) is 11.6 Å². The van der Waals surface area contributed by atoms with Crippen LogP contribution >= 0.6 is 0 Å². The molecule has 152 valence electrons. The molecular formula is C22H20N4O3S. The third-order valence-corrected chi connectivity index (χ3v) is 5.89. The number of carbonyl (C=O) groups excluding carboxylic acids is 1. The summed E-state index contributed by atoms with van der Waals surface area (Å²) < 4.78 is 25.3. The van der Waals surface area contributed by atoms with Crippen molar-refractivity contribution in [2.24, 2.45) is 0 Å². The van der Waals surface area contributed by atoms with E-state index in [1.807, 2.05) is 48.0 Å². The molecule has 4 rings (SSSR count). The highest BCUT2D eigenvalue weighted by Gasteiger charge is 2.15. The highest BCUT2D eigenvalue weighted by atomic mass is 32.2. The maximum absolute atomic E-state index is 12.6. The maximum atomic E-state index is 12.6. The molecule has 0 saturated carbocycles. The Bertz CT molecular complexity index is 1370. The number of sulfone groups is 1. The monoisotopic (exact) mass is 420 g/mol. The van der Waals surface area contributed by atoms with E-state index in [0.717, 1.165) is 28.7 Å². The van der Waals surface area contributed by atoms with Gasteiger partial charge in [-0.15, -0.1) is 0 Å². The fraction of sp³-hybridized carbons (Fsp3) is 0.136. The molecule has 3 aromatic heterocycles. The molecule has 0 saturated heterocycles. The van der Waals surface area contributed by atoms with E-state index in [2.05, 4.69) is 15.3 Å². The van der Waals surface area contributed by atoms with E-state index in [0.29, 0.717) is 11.3 Å². The van der Waals surface area contributed by atoms with E-state index in [1.54, 1.807) is 19.1 Å². The molecule has 8 heteroatoms. The van der Waals surface area contributed by atoms with Gasteiger partial charge in [-0.2, -0.15) is 0 Å². The van der Waals surface area contributed by atoms with Crippen molar-refractivity contribution in [3.05, 3.63) is 77.9 Å². The second-order valence-corrected chi connectivity index (χ2v) is 9.20. The molecule has 0 aliphatic heterocycles. The van der Waals surface area contributed by atoms with Crippen LogP contribution in [0.3, 0.4) is 0 Å². The van der Waals surface area contributed by atoms with E-state index in [9.17, 15) is 13.2 Å². The number of nitrogens with zero attached hydrogens (tertiary/aromatic N) is 3. The molecule has 1 N–H and O–H groups in total. The van der Waals surface area contributed by atoms with E-state index < -0.39 is 15.7 Å². The first kappa shape index (κ1) is 19.8. The van der Waals surface area contributed by atoms with Crippen molar-refractivity contribution >= 4 is 27.1 Å². The minimum absolute atomic E-state index is 0.0867. The Morgan fingerprint density at radius 1 is 1.07 bits per heavy atom. The zero-order valence-corrected chi connectivity index (χ0v) is 17.6. The molecule has 4 aromatic rings. The summed E-state index contributed by atoms with van der Waals surface area (Å²) in [6, 6.07) is 12.8. The van der Waals surface area contributed by atoms with Crippen LogP contribution in [-0.2, 0) is 9.84 Å². The van der Waals surface area contributed by atoms with E-state index in [1.165, 1.54) is 12.3 Å². The van der Waals surface area contributed by atoms with Crippen molar-refractivity contribution in [3.8, 4) is 11.3 Å². The quantitative estimate of drug-likeness (QED) is 0.544. The molecule has 0 fully saturated rings. The first-order valence-electron chi connectivity index (χ1n) is 9.25. The van der Waals surface area contributed by atoms with Crippen molar-refractivity contribution in [1.82, 2.24) is 14.4 Å². The van der Waals surface area contributed by atoms with Crippen molar-refractivity contribution in [3.63, 3.8) is 0 Å². The van der Waals surface area contributed by atoms with Crippen LogP contribution in [0.4, 0.5) is 5.69 Å². The van der Waals surface area contributed by atoms with Gasteiger partial charge in [0.25, 0.3) is 5.91 Å². The van der Waals surface area contributed by atoms with Crippen LogP contribution in [0.2, 0.25) is 0 Å². The average molecular weight is 420 g/mol. The summed E-state index contributed by atoms with van der Waals surface area (Å²) in [5.41, 5.74) is 5.06. The number of aryl methyl sites for hydroxylation is 2. The average Bonchev–Trinajstić information content (AvgIpc) is 3.13. The van der Waals surface area contributed by atoms with E-state index >= 15 is 0 Å². The van der Waals surface area contributed by atoms with Gasteiger partial charge >= 0.3 is 0 Å². The number of pyridine rings is 2. The van der Waals surface area contributed by atoms with Gasteiger partial charge in [0.2, 0.25) is 0 Å². The minimum atomic E-state index is -3.37. The fourth-order valence-corrected chi connectivity index (χ4v) is 3.83. The minimum Gasteiger partial charge on any atom is -0.321 e. The number of imidazole rings is 1. The Hall–Kier alpha value is -3.52. The molecule has 0 radical (unpaired) electrons. The smallest absolute Gasteiger partial charge is 0.274 e. The molecule has 1 amide bonds. The molecule has 0 bridgehead atoms. The number of benzene rings is 1. The van der Waals surface area contributed by atoms with Gasteiger partial charge in [0.15, 0.2) is 9.84 Å². The van der Waals surface area contributed by atoms with Crippen molar-refractivity contribution < 1.29 is 13.2 Å². The first-order chi connectivity index (χ1) is 14.2. The number of anilines is 1. The summed E-state index contributed by atoms with van der Waals surface area (Å²) in [4.78, 5) is 21.4. The third-order valence-electron chi connectivity index (χ3n) is 4.81. The lowest BCUT2D eigenvalue weighted by Gasteiger charge is -2.08. The number of hydrogen-bond donors (Lipinski definition) is 1. The molecule has 0 unspecified atom stereocenters. The molecule has 0 atom stereocenters. The summed E-state index contributed by atoms with van der Waals surface area (Å²) in [5, 5.41) is 2.80. The summed E-state index contributed by atoms with van der Waals surface area (Å²) in [7, 11) is -3.37. The summed E-state index contributed by atoms with van der Waals surface area (Å²) in [6.07, 6.45) is 6.23. The van der Waals surface area contributed by atoms with Gasteiger partial charge in [-0.05, 0) is 49.2 Å². The molecule has 7 nitrogen and oxygen atoms in total. The highest BCUT2D eigenvalue weighted by molar-refractivity contribution is 7.90. The largest absolute Gasteiger partial charge is 0.321 e. The zero-order valence-electron chi connectivity index (χ0n) is 16.7. The number of amides is 1. The second-order valence-electron chi connectivity index (χ2n) is 7.19. The molecule has 3 heterocycles. The van der Waals surface area contributed by atoms with Crippen molar-refractivity contribution in [1.29, 1.82) is 0 Å². The van der Waals surface area contributed by atoms with Gasteiger partial charge in [0.05, 0.1) is 10.6 Å². The van der Waals surface area contributed by atoms with Gasteiger partial charge in [0, 0.05) is 36.1 Å². The number of rotatable bonds is 4. The Balaban J connectivity index is 1.54. The Kier molecular flexibility index (Phi) is 4.87. The van der Waals surface area contributed by atoms with Gasteiger partial charge in [-0.1, -0.05) is 18.2 Å². The Morgan fingerprint density at radius 2 is 1.80 bits per heavy atom. The van der Waals surface area contributed by atoms with Crippen LogP contribution in [0, 0.1) is 13.8 Å². The number of nitrogens with one attached hydrogen (secondary N) is 1. The lowest BCUT2D eigenvalue weighted by atomic mass is 10.1. The van der Waals surface area contributed by atoms with Gasteiger partial charge in [-0.3, -0.25) is 4.79 Å². The molecule has 30 heavy (non-hydrogen) atoms. The summed E-state index contributed by atoms with van der Waals surface area (Å²) in [6.45, 7) is 3.67. The van der Waals surface area contributed by atoms with Crippen LogP contribution in [-0.4, -0.2) is 34.9 Å². The molecule has 0 spiro atoms. The molecular weight excluding hydrogens is 400 g/mol. The molecule has 0 aliphatic carbocycles. The Morgan fingerprint density at radius 3 is 2.43 bits per heavy atom. The summed E-state index contributed by atoms with van der Waals surface area (Å²) in [5.74, 6) is -0.399. The highest BCUT2D eigenvalue weighted by Crippen LogP contribution is 2.23. The predicted octanol–water partition coefficient (Wildman–Crippen LogP) is 3.67. The topological polar surface area (TPSA) is 93.4 Å². The van der Waals surface area contributed by atoms with Crippen LogP contribution in [0.5, 0.6) is 0 Å². The number of fused-ring (bicyclic) bond motifs is 1. The number of aromatic nitrogens is 3. The van der Waals surface area contributed by atoms with Gasteiger partial charge < -0.3 is 9.72 Å². The number of carbonyl (C=O) groups is 1. The van der Waals surface area contributed by atoms with Crippen LogP contribution in [0.1, 0.15) is 21.6 Å². The zero-order chi connectivity index (χ0) is 21.5. The van der Waals surface area contributed by atoms with Gasteiger partial charge in [0.1, 0.15) is 11.3 Å². The maximum Gasteiger partial charge on any atom is 0.274 e. The van der Waals surface area contributed by atoms with Crippen molar-refractivity contribution in [2.45, 2.75) is 18.7 Å². The second kappa shape index (κ2) is 7.38. The lowest BCUT2D eigenvalue weighted by Crippen LogP contribution is -2.16. The van der Waals surface area contributed by atoms with Crippen LogP contribution in [0.25, 0.3) is 16.9 Å². The third kappa shape index (κ3) is 3.81. The Labute approximate surface area is 174 Å². The summed E-state index contributed by atoms with van der Waals surface area (Å²) >= 11 is 0. The SMILES string of the molecule is Cc1cc(S(C)(=O)=O)cnc1C(=O)Nc1ccc(-c2cn3cccc(C)c3n2)cc1. The predicted molar refractivity (Wildman–Crippen MR) is 115 cm³/mol. The van der Waals surface area contributed by atoms with Crippen LogP contribution < -0.4 is 5.32 Å². The molecule has 0 aliphatic rings. The normalized spacial score (nSPS) is 11.6. The van der Waals surface area contributed by atoms with E-state index in [-0.39, 0.29) is 10.6 Å².